The Morgan fingerprint density at radius 2 is 1.89 bits per heavy atom. The van der Waals surface area contributed by atoms with Gasteiger partial charge in [0.25, 0.3) is 0 Å². The second kappa shape index (κ2) is 5.25. The van der Waals surface area contributed by atoms with E-state index in [9.17, 15) is 0 Å². The lowest BCUT2D eigenvalue weighted by Crippen LogP contribution is -2.42. The Hall–Kier alpha value is -1.12. The molecular weight excluding hydrogens is 238 g/mol. The molecule has 0 spiro atoms. The summed E-state index contributed by atoms with van der Waals surface area (Å²) >= 11 is 1.84. The first kappa shape index (κ1) is 11.9. The smallest absolute Gasteiger partial charge is 0.0673 e. The van der Waals surface area contributed by atoms with Crippen LogP contribution >= 0.6 is 11.3 Å². The average molecular weight is 257 g/mol. The molecule has 1 aliphatic carbocycles. The zero-order valence-corrected chi connectivity index (χ0v) is 11.5. The van der Waals surface area contributed by atoms with Crippen molar-refractivity contribution in [3.8, 4) is 0 Å². The van der Waals surface area contributed by atoms with Crippen molar-refractivity contribution >= 4 is 11.3 Å². The third kappa shape index (κ3) is 2.50. The van der Waals surface area contributed by atoms with E-state index in [-0.39, 0.29) is 0 Å². The summed E-state index contributed by atoms with van der Waals surface area (Å²) in [7, 11) is 0. The van der Waals surface area contributed by atoms with E-state index < -0.39 is 0 Å². The van der Waals surface area contributed by atoms with E-state index in [0.717, 1.165) is 5.92 Å². The minimum absolute atomic E-state index is 0.365. The quantitative estimate of drug-likeness (QED) is 0.864. The second-order valence-electron chi connectivity index (χ2n) is 5.30. The summed E-state index contributed by atoms with van der Waals surface area (Å²) in [6, 6.07) is 16.2. The van der Waals surface area contributed by atoms with E-state index in [1.807, 2.05) is 11.3 Å². The van der Waals surface area contributed by atoms with Gasteiger partial charge < -0.3 is 5.32 Å². The molecule has 0 radical (unpaired) electrons. The third-order valence-corrected chi connectivity index (χ3v) is 4.67. The number of hydrogen-bond acceptors (Lipinski definition) is 2. The highest BCUT2D eigenvalue weighted by Gasteiger charge is 2.28. The van der Waals surface area contributed by atoms with Crippen LogP contribution in [0.15, 0.2) is 47.8 Å². The fourth-order valence-corrected chi connectivity index (χ4v) is 3.53. The first-order valence-electron chi connectivity index (χ1n) is 6.67. The van der Waals surface area contributed by atoms with Crippen molar-refractivity contribution in [3.63, 3.8) is 0 Å². The van der Waals surface area contributed by atoms with Gasteiger partial charge in [0, 0.05) is 10.9 Å². The number of thiophene rings is 1. The molecular formula is C16H19NS. The van der Waals surface area contributed by atoms with Crippen LogP contribution in [0.3, 0.4) is 0 Å². The molecule has 0 amide bonds. The molecule has 1 aliphatic rings. The fourth-order valence-electron chi connectivity index (χ4n) is 2.72. The van der Waals surface area contributed by atoms with E-state index in [1.165, 1.54) is 23.3 Å². The summed E-state index contributed by atoms with van der Waals surface area (Å²) in [6.07, 6.45) is 2.63. The van der Waals surface area contributed by atoms with Crippen molar-refractivity contribution < 1.29 is 0 Å². The van der Waals surface area contributed by atoms with Crippen molar-refractivity contribution in [2.75, 3.05) is 0 Å². The highest BCUT2D eigenvalue weighted by molar-refractivity contribution is 7.10. The SMILES string of the molecule is CC1CC(NC(c2ccccc2)c2cccs2)C1. The topological polar surface area (TPSA) is 12.0 Å². The molecule has 1 N–H and O–H groups in total. The molecule has 0 aliphatic heterocycles. The molecule has 1 aromatic carbocycles. The molecule has 94 valence electrons. The predicted molar refractivity (Wildman–Crippen MR) is 77.9 cm³/mol. The van der Waals surface area contributed by atoms with E-state index in [1.54, 1.807) is 0 Å². The largest absolute Gasteiger partial charge is 0.303 e. The fraction of sp³-hybridized carbons (Fsp3) is 0.375. The molecule has 0 bridgehead atoms. The molecule has 1 nitrogen and oxygen atoms in total. The van der Waals surface area contributed by atoms with Crippen molar-refractivity contribution in [3.05, 3.63) is 58.3 Å². The Bertz CT molecular complexity index is 471. The van der Waals surface area contributed by atoms with Crippen LogP contribution in [0.5, 0.6) is 0 Å². The molecule has 2 heteroatoms. The molecule has 1 aromatic heterocycles. The molecule has 3 rings (SSSR count). The summed E-state index contributed by atoms with van der Waals surface area (Å²) in [5.74, 6) is 0.891. The van der Waals surface area contributed by atoms with E-state index in [2.05, 4.69) is 60.1 Å². The monoisotopic (exact) mass is 257 g/mol. The lowest BCUT2D eigenvalue weighted by Gasteiger charge is -2.36. The van der Waals surface area contributed by atoms with Gasteiger partial charge in [-0.05, 0) is 35.8 Å². The Balaban J connectivity index is 1.80. The van der Waals surface area contributed by atoms with Gasteiger partial charge in [0.2, 0.25) is 0 Å². The Kier molecular flexibility index (Phi) is 3.48. The summed E-state index contributed by atoms with van der Waals surface area (Å²) in [4.78, 5) is 1.42. The Morgan fingerprint density at radius 1 is 1.11 bits per heavy atom. The van der Waals surface area contributed by atoms with Gasteiger partial charge in [-0.1, -0.05) is 43.3 Å². The third-order valence-electron chi connectivity index (χ3n) is 3.74. The van der Waals surface area contributed by atoms with Crippen molar-refractivity contribution in [1.82, 2.24) is 5.32 Å². The first-order valence-corrected chi connectivity index (χ1v) is 7.55. The van der Waals surface area contributed by atoms with Gasteiger partial charge in [-0.15, -0.1) is 11.3 Å². The predicted octanol–water partition coefficient (Wildman–Crippen LogP) is 4.23. The van der Waals surface area contributed by atoms with E-state index in [4.69, 9.17) is 0 Å². The second-order valence-corrected chi connectivity index (χ2v) is 6.28. The van der Waals surface area contributed by atoms with Crippen LogP contribution in [-0.4, -0.2) is 6.04 Å². The van der Waals surface area contributed by atoms with Crippen LogP contribution in [0.25, 0.3) is 0 Å². The summed E-state index contributed by atoms with van der Waals surface area (Å²) < 4.78 is 0. The zero-order valence-electron chi connectivity index (χ0n) is 10.7. The first-order chi connectivity index (χ1) is 8.83. The Morgan fingerprint density at radius 3 is 2.50 bits per heavy atom. The van der Waals surface area contributed by atoms with Crippen molar-refractivity contribution in [2.45, 2.75) is 31.8 Å². The molecule has 1 fully saturated rings. The lowest BCUT2D eigenvalue weighted by atomic mass is 9.81. The summed E-state index contributed by atoms with van der Waals surface area (Å²) in [6.45, 7) is 2.33. The Labute approximate surface area is 113 Å². The molecule has 1 heterocycles. The molecule has 18 heavy (non-hydrogen) atoms. The van der Waals surface area contributed by atoms with Crippen molar-refractivity contribution in [2.24, 2.45) is 5.92 Å². The van der Waals surface area contributed by atoms with Crippen LogP contribution in [-0.2, 0) is 0 Å². The maximum atomic E-state index is 3.81. The highest BCUT2D eigenvalue weighted by Crippen LogP contribution is 2.32. The number of hydrogen-bond donors (Lipinski definition) is 1. The van der Waals surface area contributed by atoms with Crippen LogP contribution in [0.1, 0.15) is 36.2 Å². The minimum atomic E-state index is 0.365. The maximum Gasteiger partial charge on any atom is 0.0673 e. The zero-order chi connectivity index (χ0) is 12.4. The number of rotatable bonds is 4. The van der Waals surface area contributed by atoms with Gasteiger partial charge in [0.15, 0.2) is 0 Å². The van der Waals surface area contributed by atoms with Crippen molar-refractivity contribution in [1.29, 1.82) is 0 Å². The lowest BCUT2D eigenvalue weighted by molar-refractivity contribution is 0.231. The minimum Gasteiger partial charge on any atom is -0.303 e. The number of nitrogens with one attached hydrogen (secondary N) is 1. The summed E-state index contributed by atoms with van der Waals surface area (Å²) in [5.41, 5.74) is 1.37. The standard InChI is InChI=1S/C16H19NS/c1-12-10-14(11-12)17-16(15-8-5-9-18-15)13-6-3-2-4-7-13/h2-9,12,14,16-17H,10-11H2,1H3. The molecule has 1 saturated carbocycles. The van der Waals surface area contributed by atoms with Crippen LogP contribution in [0, 0.1) is 5.92 Å². The van der Waals surface area contributed by atoms with Crippen LogP contribution < -0.4 is 5.32 Å². The van der Waals surface area contributed by atoms with E-state index in [0.29, 0.717) is 12.1 Å². The summed E-state index contributed by atoms with van der Waals surface area (Å²) in [5, 5.41) is 5.98. The van der Waals surface area contributed by atoms with Gasteiger partial charge >= 0.3 is 0 Å². The van der Waals surface area contributed by atoms with Gasteiger partial charge in [-0.3, -0.25) is 0 Å². The van der Waals surface area contributed by atoms with Gasteiger partial charge in [-0.2, -0.15) is 0 Å². The average Bonchev–Trinajstić information content (AvgIpc) is 2.88. The van der Waals surface area contributed by atoms with Gasteiger partial charge in [0.05, 0.1) is 6.04 Å². The van der Waals surface area contributed by atoms with Crippen LogP contribution in [0.2, 0.25) is 0 Å². The maximum absolute atomic E-state index is 3.81. The molecule has 2 aromatic rings. The van der Waals surface area contributed by atoms with Gasteiger partial charge in [-0.25, -0.2) is 0 Å². The molecule has 1 atom stereocenters. The normalized spacial score (nSPS) is 24.5. The number of benzene rings is 1. The molecule has 1 unspecified atom stereocenters. The van der Waals surface area contributed by atoms with Crippen LogP contribution in [0.4, 0.5) is 0 Å². The highest BCUT2D eigenvalue weighted by atomic mass is 32.1. The molecule has 0 saturated heterocycles. The van der Waals surface area contributed by atoms with Gasteiger partial charge in [0.1, 0.15) is 0 Å². The van der Waals surface area contributed by atoms with E-state index >= 15 is 0 Å².